The molecule has 2 heterocycles. The van der Waals surface area contributed by atoms with E-state index in [0.717, 1.165) is 44.8 Å². The second-order valence-corrected chi connectivity index (χ2v) is 6.77. The van der Waals surface area contributed by atoms with E-state index >= 15 is 0 Å². The van der Waals surface area contributed by atoms with Gasteiger partial charge in [-0.1, -0.05) is 30.3 Å². The van der Waals surface area contributed by atoms with E-state index in [4.69, 9.17) is 0 Å². The molecular weight excluding hydrogens is 300 g/mol. The van der Waals surface area contributed by atoms with Gasteiger partial charge in [-0.2, -0.15) is 5.10 Å². The average molecular weight is 328 g/mol. The van der Waals surface area contributed by atoms with Gasteiger partial charge in [0.15, 0.2) is 0 Å². The van der Waals surface area contributed by atoms with Crippen molar-refractivity contribution >= 4 is 0 Å². The lowest BCUT2D eigenvalue weighted by molar-refractivity contribution is 0.0499. The number of aliphatic hydroxyl groups excluding tert-OH is 1. The van der Waals surface area contributed by atoms with Crippen LogP contribution in [0.25, 0.3) is 0 Å². The molecule has 0 bridgehead atoms. The zero-order valence-electron chi connectivity index (χ0n) is 14.7. The molecule has 1 saturated heterocycles. The van der Waals surface area contributed by atoms with Gasteiger partial charge in [0.1, 0.15) is 0 Å². The van der Waals surface area contributed by atoms with E-state index in [1.54, 1.807) is 0 Å². The predicted octanol–water partition coefficient (Wildman–Crippen LogP) is 1.80. The largest absolute Gasteiger partial charge is 0.396 e. The third kappa shape index (κ3) is 4.23. The van der Waals surface area contributed by atoms with Gasteiger partial charge in [0.2, 0.25) is 0 Å². The van der Waals surface area contributed by atoms with Gasteiger partial charge in [-0.05, 0) is 18.9 Å². The molecule has 1 aliphatic rings. The molecule has 0 amide bonds. The number of aromatic nitrogens is 2. The number of aryl methyl sites for hydroxylation is 2. The molecule has 5 nitrogen and oxygen atoms in total. The van der Waals surface area contributed by atoms with Gasteiger partial charge < -0.3 is 5.11 Å². The van der Waals surface area contributed by atoms with Crippen molar-refractivity contribution in [2.45, 2.75) is 32.5 Å². The minimum atomic E-state index is 0.246. The van der Waals surface area contributed by atoms with Gasteiger partial charge >= 0.3 is 0 Å². The zero-order chi connectivity index (χ0) is 16.9. The lowest BCUT2D eigenvalue weighted by Crippen LogP contribution is -2.52. The Morgan fingerprint density at radius 3 is 2.62 bits per heavy atom. The Labute approximate surface area is 144 Å². The van der Waals surface area contributed by atoms with Gasteiger partial charge in [-0.15, -0.1) is 0 Å². The van der Waals surface area contributed by atoms with Crippen molar-refractivity contribution in [2.75, 3.05) is 26.2 Å². The molecule has 0 radical (unpaired) electrons. The van der Waals surface area contributed by atoms with Crippen molar-refractivity contribution in [1.82, 2.24) is 19.6 Å². The van der Waals surface area contributed by atoms with Gasteiger partial charge in [-0.25, -0.2) is 0 Å². The summed E-state index contributed by atoms with van der Waals surface area (Å²) in [4.78, 5) is 5.00. The van der Waals surface area contributed by atoms with Crippen molar-refractivity contribution in [3.8, 4) is 0 Å². The third-order valence-electron chi connectivity index (χ3n) is 4.89. The SMILES string of the molecule is Cc1nn(C)cc1CN1CCN(Cc2ccccc2)[C@H](CCO)C1. The lowest BCUT2D eigenvalue weighted by atomic mass is 10.1. The van der Waals surface area contributed by atoms with Crippen LogP contribution in [0.1, 0.15) is 23.2 Å². The molecule has 0 saturated carbocycles. The molecule has 2 aromatic rings. The molecule has 130 valence electrons. The van der Waals surface area contributed by atoms with Gasteiger partial charge in [-0.3, -0.25) is 14.5 Å². The van der Waals surface area contributed by atoms with E-state index in [-0.39, 0.29) is 6.61 Å². The Bertz CT molecular complexity index is 640. The van der Waals surface area contributed by atoms with Crippen molar-refractivity contribution in [3.63, 3.8) is 0 Å². The highest BCUT2D eigenvalue weighted by molar-refractivity contribution is 5.16. The van der Waals surface area contributed by atoms with E-state index in [0.29, 0.717) is 6.04 Å². The van der Waals surface area contributed by atoms with Crippen LogP contribution in [0.3, 0.4) is 0 Å². The summed E-state index contributed by atoms with van der Waals surface area (Å²) in [5.74, 6) is 0. The summed E-state index contributed by atoms with van der Waals surface area (Å²) >= 11 is 0. The minimum absolute atomic E-state index is 0.246. The fourth-order valence-electron chi connectivity index (χ4n) is 3.59. The summed E-state index contributed by atoms with van der Waals surface area (Å²) in [7, 11) is 1.98. The molecule has 1 aromatic heterocycles. The van der Waals surface area contributed by atoms with Crippen molar-refractivity contribution in [3.05, 3.63) is 53.3 Å². The van der Waals surface area contributed by atoms with Crippen LogP contribution in [0.15, 0.2) is 36.5 Å². The Hall–Kier alpha value is -1.69. The van der Waals surface area contributed by atoms with Crippen LogP contribution in [0.2, 0.25) is 0 Å². The zero-order valence-corrected chi connectivity index (χ0v) is 14.7. The highest BCUT2D eigenvalue weighted by atomic mass is 16.3. The molecule has 1 atom stereocenters. The number of nitrogens with zero attached hydrogens (tertiary/aromatic N) is 4. The second kappa shape index (κ2) is 7.92. The fraction of sp³-hybridized carbons (Fsp3) is 0.526. The summed E-state index contributed by atoms with van der Waals surface area (Å²) < 4.78 is 1.89. The van der Waals surface area contributed by atoms with Crippen LogP contribution in [0.5, 0.6) is 0 Å². The van der Waals surface area contributed by atoms with Crippen LogP contribution in [0, 0.1) is 6.92 Å². The molecule has 24 heavy (non-hydrogen) atoms. The number of aliphatic hydroxyl groups is 1. The second-order valence-electron chi connectivity index (χ2n) is 6.77. The maximum absolute atomic E-state index is 9.47. The normalized spacial score (nSPS) is 19.7. The topological polar surface area (TPSA) is 44.5 Å². The van der Waals surface area contributed by atoms with Crippen LogP contribution in [0.4, 0.5) is 0 Å². The Balaban J connectivity index is 1.63. The quantitative estimate of drug-likeness (QED) is 0.878. The van der Waals surface area contributed by atoms with Gasteiger partial charge in [0, 0.05) is 64.2 Å². The summed E-state index contributed by atoms with van der Waals surface area (Å²) in [6, 6.07) is 11.0. The monoisotopic (exact) mass is 328 g/mol. The van der Waals surface area contributed by atoms with Crippen LogP contribution < -0.4 is 0 Å². The lowest BCUT2D eigenvalue weighted by Gasteiger charge is -2.41. The smallest absolute Gasteiger partial charge is 0.0638 e. The van der Waals surface area contributed by atoms with Crippen LogP contribution in [-0.4, -0.2) is 57.0 Å². The Morgan fingerprint density at radius 1 is 1.17 bits per heavy atom. The molecular formula is C19H28N4O. The highest BCUT2D eigenvalue weighted by Gasteiger charge is 2.27. The van der Waals surface area contributed by atoms with Gasteiger partial charge in [0.25, 0.3) is 0 Å². The molecule has 0 aliphatic carbocycles. The Morgan fingerprint density at radius 2 is 1.96 bits per heavy atom. The number of rotatable bonds is 6. The van der Waals surface area contributed by atoms with E-state index in [1.165, 1.54) is 11.1 Å². The van der Waals surface area contributed by atoms with Crippen molar-refractivity contribution in [2.24, 2.45) is 7.05 Å². The summed E-state index contributed by atoms with van der Waals surface area (Å²) in [6.45, 7) is 7.33. The summed E-state index contributed by atoms with van der Waals surface area (Å²) in [5, 5.41) is 13.9. The van der Waals surface area contributed by atoms with E-state index < -0.39 is 0 Å². The van der Waals surface area contributed by atoms with Crippen molar-refractivity contribution < 1.29 is 5.11 Å². The summed E-state index contributed by atoms with van der Waals surface area (Å²) in [6.07, 6.45) is 2.95. The molecule has 1 fully saturated rings. The molecule has 1 aliphatic heterocycles. The minimum Gasteiger partial charge on any atom is -0.396 e. The third-order valence-corrected chi connectivity index (χ3v) is 4.89. The first-order valence-electron chi connectivity index (χ1n) is 8.76. The van der Waals surface area contributed by atoms with E-state index in [9.17, 15) is 5.11 Å². The Kier molecular flexibility index (Phi) is 5.66. The van der Waals surface area contributed by atoms with E-state index in [1.807, 2.05) is 11.7 Å². The average Bonchev–Trinajstić information content (AvgIpc) is 2.88. The first-order valence-corrected chi connectivity index (χ1v) is 8.76. The van der Waals surface area contributed by atoms with Crippen LogP contribution in [-0.2, 0) is 20.1 Å². The number of benzene rings is 1. The molecule has 0 unspecified atom stereocenters. The summed E-state index contributed by atoms with van der Waals surface area (Å²) in [5.41, 5.74) is 3.76. The molecule has 5 heteroatoms. The predicted molar refractivity (Wildman–Crippen MR) is 95.6 cm³/mol. The first-order chi connectivity index (χ1) is 11.7. The number of hydrogen-bond donors (Lipinski definition) is 1. The maximum atomic E-state index is 9.47. The molecule has 0 spiro atoms. The first kappa shape index (κ1) is 17.1. The standard InChI is InChI=1S/C19H28N4O/c1-16-18(13-21(2)20-16)14-22-9-10-23(19(15-22)8-11-24)12-17-6-4-3-5-7-17/h3-7,13,19,24H,8-12,14-15H2,1-2H3/t19-/m1/s1. The molecule has 1 aromatic carbocycles. The molecule has 3 rings (SSSR count). The molecule has 1 N–H and O–H groups in total. The highest BCUT2D eigenvalue weighted by Crippen LogP contribution is 2.19. The number of hydrogen-bond acceptors (Lipinski definition) is 4. The van der Waals surface area contributed by atoms with Crippen LogP contribution >= 0.6 is 0 Å². The fourth-order valence-corrected chi connectivity index (χ4v) is 3.59. The van der Waals surface area contributed by atoms with E-state index in [2.05, 4.69) is 58.4 Å². The number of piperazine rings is 1. The van der Waals surface area contributed by atoms with Crippen molar-refractivity contribution in [1.29, 1.82) is 0 Å². The maximum Gasteiger partial charge on any atom is 0.0638 e. The van der Waals surface area contributed by atoms with Gasteiger partial charge in [0.05, 0.1) is 5.69 Å².